The minimum atomic E-state index is 0.101. The number of aromatic nitrogens is 2. The number of benzene rings is 1. The predicted octanol–water partition coefficient (Wildman–Crippen LogP) is 3.68. The summed E-state index contributed by atoms with van der Waals surface area (Å²) in [6.45, 7) is 2.91. The summed E-state index contributed by atoms with van der Waals surface area (Å²) in [4.78, 5) is 8.11. The van der Waals surface area contributed by atoms with Crippen LogP contribution >= 0.6 is 23.2 Å². The van der Waals surface area contributed by atoms with Crippen molar-refractivity contribution in [1.29, 1.82) is 0 Å². The number of likely N-dealkylation sites (N-methyl/N-ethyl adjacent to an activating group) is 1. The minimum Gasteiger partial charge on any atom is -0.310 e. The first kappa shape index (κ1) is 14.3. The molecule has 0 fully saturated rings. The summed E-state index contributed by atoms with van der Waals surface area (Å²) >= 11 is 12.4. The molecule has 0 bridgehead atoms. The van der Waals surface area contributed by atoms with Crippen molar-refractivity contribution in [2.24, 2.45) is 0 Å². The maximum atomic E-state index is 6.22. The molecule has 2 rings (SSSR count). The van der Waals surface area contributed by atoms with E-state index in [2.05, 4.69) is 22.2 Å². The Kier molecular flexibility index (Phi) is 5.14. The topological polar surface area (TPSA) is 37.8 Å². The Hall–Kier alpha value is -1.16. The van der Waals surface area contributed by atoms with E-state index in [0.717, 1.165) is 17.7 Å². The lowest BCUT2D eigenvalue weighted by Gasteiger charge is -2.19. The molecule has 0 saturated carbocycles. The second-order valence-electron chi connectivity index (χ2n) is 4.19. The number of hydrogen-bond acceptors (Lipinski definition) is 3. The van der Waals surface area contributed by atoms with Gasteiger partial charge in [0, 0.05) is 34.0 Å². The molecule has 0 aliphatic rings. The summed E-state index contributed by atoms with van der Waals surface area (Å²) < 4.78 is 0. The third-order valence-electron chi connectivity index (χ3n) is 2.90. The Morgan fingerprint density at radius 2 is 1.79 bits per heavy atom. The van der Waals surface area contributed by atoms with E-state index in [1.807, 2.05) is 30.6 Å². The van der Waals surface area contributed by atoms with Gasteiger partial charge in [-0.3, -0.25) is 0 Å². The quantitative estimate of drug-likeness (QED) is 0.914. The van der Waals surface area contributed by atoms with Crippen LogP contribution in [0.4, 0.5) is 0 Å². The van der Waals surface area contributed by atoms with Gasteiger partial charge < -0.3 is 5.32 Å². The zero-order chi connectivity index (χ0) is 13.7. The summed E-state index contributed by atoms with van der Waals surface area (Å²) in [5.41, 5.74) is 1.97. The molecule has 0 radical (unpaired) electrons. The molecule has 1 aromatic carbocycles. The molecule has 1 atom stereocenters. The van der Waals surface area contributed by atoms with Gasteiger partial charge in [0.25, 0.3) is 0 Å². The highest BCUT2D eigenvalue weighted by Gasteiger charge is 2.15. The summed E-state index contributed by atoms with van der Waals surface area (Å²) in [6.07, 6.45) is 5.85. The van der Waals surface area contributed by atoms with Crippen LogP contribution in [0.2, 0.25) is 10.0 Å². The van der Waals surface area contributed by atoms with Gasteiger partial charge in [-0.2, -0.15) is 0 Å². The Balaban J connectivity index is 2.27. The van der Waals surface area contributed by atoms with Gasteiger partial charge in [0.05, 0.1) is 0 Å². The fraction of sp³-hybridized carbons (Fsp3) is 0.286. The Morgan fingerprint density at radius 1 is 1.16 bits per heavy atom. The molecule has 1 N–H and O–H groups in total. The van der Waals surface area contributed by atoms with Crippen LogP contribution in [0.5, 0.6) is 0 Å². The number of rotatable bonds is 5. The number of hydrogen-bond donors (Lipinski definition) is 1. The minimum absolute atomic E-state index is 0.101. The summed E-state index contributed by atoms with van der Waals surface area (Å²) in [5, 5.41) is 4.78. The summed E-state index contributed by atoms with van der Waals surface area (Å²) in [5.74, 6) is 0. The molecule has 1 aromatic heterocycles. The van der Waals surface area contributed by atoms with Gasteiger partial charge in [0.2, 0.25) is 0 Å². The van der Waals surface area contributed by atoms with Gasteiger partial charge in [-0.05, 0) is 30.7 Å². The van der Waals surface area contributed by atoms with Crippen molar-refractivity contribution in [2.45, 2.75) is 19.4 Å². The maximum absolute atomic E-state index is 6.22. The van der Waals surface area contributed by atoms with Crippen molar-refractivity contribution in [3.63, 3.8) is 0 Å². The zero-order valence-electron chi connectivity index (χ0n) is 10.6. The smallest absolute Gasteiger partial charge is 0.115 e. The van der Waals surface area contributed by atoms with Crippen molar-refractivity contribution in [3.05, 3.63) is 58.1 Å². The Morgan fingerprint density at radius 3 is 2.37 bits per heavy atom. The number of halogens is 2. The van der Waals surface area contributed by atoms with Crippen LogP contribution in [0.1, 0.15) is 24.1 Å². The third kappa shape index (κ3) is 3.66. The SMILES string of the molecule is CCNC(Cc1c(Cl)cccc1Cl)c1cncnc1. The fourth-order valence-electron chi connectivity index (χ4n) is 1.98. The summed E-state index contributed by atoms with van der Waals surface area (Å²) in [7, 11) is 0. The van der Waals surface area contributed by atoms with Gasteiger partial charge in [-0.1, -0.05) is 36.2 Å². The van der Waals surface area contributed by atoms with Crippen LogP contribution in [0.15, 0.2) is 36.9 Å². The standard InChI is InChI=1S/C14H15Cl2N3/c1-2-19-14(10-7-17-9-18-8-10)6-11-12(15)4-3-5-13(11)16/h3-5,7-9,14,19H,2,6H2,1H3. The zero-order valence-corrected chi connectivity index (χ0v) is 12.1. The average molecular weight is 296 g/mol. The van der Waals surface area contributed by atoms with Gasteiger partial charge in [0.15, 0.2) is 0 Å². The Labute approximate surface area is 123 Å². The molecule has 5 heteroatoms. The monoisotopic (exact) mass is 295 g/mol. The van der Waals surface area contributed by atoms with Crippen LogP contribution in [0.3, 0.4) is 0 Å². The second-order valence-corrected chi connectivity index (χ2v) is 5.00. The lowest BCUT2D eigenvalue weighted by Crippen LogP contribution is -2.23. The predicted molar refractivity (Wildman–Crippen MR) is 78.6 cm³/mol. The Bertz CT molecular complexity index is 511. The van der Waals surface area contributed by atoms with E-state index in [4.69, 9.17) is 23.2 Å². The molecule has 3 nitrogen and oxygen atoms in total. The van der Waals surface area contributed by atoms with E-state index < -0.39 is 0 Å². The molecule has 19 heavy (non-hydrogen) atoms. The second kappa shape index (κ2) is 6.85. The molecule has 0 amide bonds. The van der Waals surface area contributed by atoms with E-state index in [1.165, 1.54) is 6.33 Å². The van der Waals surface area contributed by atoms with Gasteiger partial charge in [0.1, 0.15) is 6.33 Å². The average Bonchev–Trinajstić information content (AvgIpc) is 2.43. The maximum Gasteiger partial charge on any atom is 0.115 e. The largest absolute Gasteiger partial charge is 0.310 e. The highest BCUT2D eigenvalue weighted by molar-refractivity contribution is 6.36. The van der Waals surface area contributed by atoms with Gasteiger partial charge in [-0.25, -0.2) is 9.97 Å². The number of nitrogens with one attached hydrogen (secondary N) is 1. The van der Waals surface area contributed by atoms with E-state index in [-0.39, 0.29) is 6.04 Å². The third-order valence-corrected chi connectivity index (χ3v) is 3.61. The fourth-order valence-corrected chi connectivity index (χ4v) is 2.53. The summed E-state index contributed by atoms with van der Waals surface area (Å²) in [6, 6.07) is 5.66. The van der Waals surface area contributed by atoms with Crippen molar-refractivity contribution in [3.8, 4) is 0 Å². The molecule has 100 valence electrons. The molecule has 0 spiro atoms. The van der Waals surface area contributed by atoms with Crippen molar-refractivity contribution >= 4 is 23.2 Å². The van der Waals surface area contributed by atoms with Gasteiger partial charge >= 0.3 is 0 Å². The van der Waals surface area contributed by atoms with Gasteiger partial charge in [-0.15, -0.1) is 0 Å². The normalized spacial score (nSPS) is 12.4. The van der Waals surface area contributed by atoms with E-state index in [0.29, 0.717) is 16.5 Å². The molecule has 0 saturated heterocycles. The molecule has 2 aromatic rings. The van der Waals surface area contributed by atoms with Crippen LogP contribution in [0, 0.1) is 0 Å². The first-order valence-corrected chi connectivity index (χ1v) is 6.89. The van der Waals surface area contributed by atoms with E-state index in [1.54, 1.807) is 0 Å². The van der Waals surface area contributed by atoms with Crippen molar-refractivity contribution in [2.75, 3.05) is 6.54 Å². The van der Waals surface area contributed by atoms with Crippen LogP contribution < -0.4 is 5.32 Å². The lowest BCUT2D eigenvalue weighted by atomic mass is 10.0. The molecule has 0 aliphatic heterocycles. The lowest BCUT2D eigenvalue weighted by molar-refractivity contribution is 0.546. The number of nitrogens with zero attached hydrogens (tertiary/aromatic N) is 2. The van der Waals surface area contributed by atoms with Crippen LogP contribution in [0.25, 0.3) is 0 Å². The molecule has 1 heterocycles. The highest BCUT2D eigenvalue weighted by Crippen LogP contribution is 2.28. The van der Waals surface area contributed by atoms with E-state index in [9.17, 15) is 0 Å². The van der Waals surface area contributed by atoms with Crippen LogP contribution in [-0.2, 0) is 6.42 Å². The van der Waals surface area contributed by atoms with E-state index >= 15 is 0 Å². The molecule has 1 unspecified atom stereocenters. The molecular formula is C14H15Cl2N3. The molecule has 0 aliphatic carbocycles. The van der Waals surface area contributed by atoms with Crippen molar-refractivity contribution < 1.29 is 0 Å². The molecular weight excluding hydrogens is 281 g/mol. The van der Waals surface area contributed by atoms with Crippen LogP contribution in [-0.4, -0.2) is 16.5 Å². The van der Waals surface area contributed by atoms with Crippen molar-refractivity contribution in [1.82, 2.24) is 15.3 Å². The first-order valence-electron chi connectivity index (χ1n) is 6.13. The first-order chi connectivity index (χ1) is 9.22. The highest BCUT2D eigenvalue weighted by atomic mass is 35.5.